The molecule has 4 nitrogen and oxygen atoms in total. The van der Waals surface area contributed by atoms with Gasteiger partial charge < -0.3 is 14.8 Å². The van der Waals surface area contributed by atoms with E-state index in [1.165, 1.54) is 0 Å². The van der Waals surface area contributed by atoms with Gasteiger partial charge in [-0.1, -0.05) is 12.1 Å². The standard InChI is InChI=1S/C18H21NO3/c1-3-21-16-10-8-15(9-11-16)18(20)19-13-14-6-5-7-17(12-14)22-4-2/h5-12H,3-4,13H2,1-2H3,(H,19,20). The van der Waals surface area contributed by atoms with Crippen LogP contribution in [0.15, 0.2) is 48.5 Å². The Hall–Kier alpha value is -2.49. The van der Waals surface area contributed by atoms with Crippen LogP contribution >= 0.6 is 0 Å². The number of nitrogens with one attached hydrogen (secondary N) is 1. The van der Waals surface area contributed by atoms with Gasteiger partial charge in [-0.15, -0.1) is 0 Å². The SMILES string of the molecule is CCOc1ccc(C(=O)NCc2cccc(OCC)c2)cc1. The summed E-state index contributed by atoms with van der Waals surface area (Å²) in [7, 11) is 0. The highest BCUT2D eigenvalue weighted by molar-refractivity contribution is 5.94. The minimum Gasteiger partial charge on any atom is -0.494 e. The average Bonchev–Trinajstić information content (AvgIpc) is 2.54. The van der Waals surface area contributed by atoms with Crippen LogP contribution in [0, 0.1) is 0 Å². The molecule has 0 saturated carbocycles. The molecular formula is C18H21NO3. The molecule has 0 atom stereocenters. The average molecular weight is 299 g/mol. The summed E-state index contributed by atoms with van der Waals surface area (Å²) in [6, 6.07) is 14.8. The highest BCUT2D eigenvalue weighted by atomic mass is 16.5. The lowest BCUT2D eigenvalue weighted by Gasteiger charge is -2.08. The molecule has 0 saturated heterocycles. The van der Waals surface area contributed by atoms with Gasteiger partial charge in [0.05, 0.1) is 13.2 Å². The molecular weight excluding hydrogens is 278 g/mol. The Morgan fingerprint density at radius 1 is 0.955 bits per heavy atom. The number of rotatable bonds is 7. The Bertz CT molecular complexity index is 608. The van der Waals surface area contributed by atoms with E-state index in [2.05, 4.69) is 5.32 Å². The van der Waals surface area contributed by atoms with Crippen LogP contribution in [0.5, 0.6) is 11.5 Å². The van der Waals surface area contributed by atoms with Crippen molar-refractivity contribution in [1.82, 2.24) is 5.32 Å². The molecule has 116 valence electrons. The van der Waals surface area contributed by atoms with E-state index in [0.29, 0.717) is 25.3 Å². The quantitative estimate of drug-likeness (QED) is 0.852. The van der Waals surface area contributed by atoms with Crippen molar-refractivity contribution < 1.29 is 14.3 Å². The highest BCUT2D eigenvalue weighted by Crippen LogP contribution is 2.14. The van der Waals surface area contributed by atoms with Gasteiger partial charge in [0, 0.05) is 12.1 Å². The number of amides is 1. The molecule has 22 heavy (non-hydrogen) atoms. The van der Waals surface area contributed by atoms with Gasteiger partial charge >= 0.3 is 0 Å². The monoisotopic (exact) mass is 299 g/mol. The number of hydrogen-bond acceptors (Lipinski definition) is 3. The minimum absolute atomic E-state index is 0.107. The van der Waals surface area contributed by atoms with Crippen LogP contribution in [0.2, 0.25) is 0 Å². The predicted octanol–water partition coefficient (Wildman–Crippen LogP) is 3.41. The van der Waals surface area contributed by atoms with Crippen molar-refractivity contribution in [3.63, 3.8) is 0 Å². The first-order valence-electron chi connectivity index (χ1n) is 7.45. The highest BCUT2D eigenvalue weighted by Gasteiger charge is 2.06. The second-order valence-corrected chi connectivity index (χ2v) is 4.72. The summed E-state index contributed by atoms with van der Waals surface area (Å²) in [4.78, 5) is 12.1. The fraction of sp³-hybridized carbons (Fsp3) is 0.278. The summed E-state index contributed by atoms with van der Waals surface area (Å²) in [6.07, 6.45) is 0. The van der Waals surface area contributed by atoms with Crippen LogP contribution in [0.3, 0.4) is 0 Å². The van der Waals surface area contributed by atoms with Gasteiger partial charge in [0.25, 0.3) is 5.91 Å². The van der Waals surface area contributed by atoms with Crippen molar-refractivity contribution in [2.75, 3.05) is 13.2 Å². The van der Waals surface area contributed by atoms with E-state index < -0.39 is 0 Å². The van der Waals surface area contributed by atoms with E-state index in [9.17, 15) is 4.79 Å². The molecule has 0 spiro atoms. The molecule has 0 aliphatic heterocycles. The minimum atomic E-state index is -0.107. The predicted molar refractivity (Wildman–Crippen MR) is 86.4 cm³/mol. The zero-order chi connectivity index (χ0) is 15.8. The first-order chi connectivity index (χ1) is 10.7. The molecule has 1 N–H and O–H groups in total. The lowest BCUT2D eigenvalue weighted by atomic mass is 10.2. The topological polar surface area (TPSA) is 47.6 Å². The van der Waals surface area contributed by atoms with E-state index in [-0.39, 0.29) is 5.91 Å². The molecule has 1 amide bonds. The first-order valence-corrected chi connectivity index (χ1v) is 7.45. The Morgan fingerprint density at radius 2 is 1.64 bits per heavy atom. The van der Waals surface area contributed by atoms with Gasteiger partial charge in [-0.05, 0) is 55.8 Å². The van der Waals surface area contributed by atoms with Crippen LogP contribution in [-0.2, 0) is 6.54 Å². The maximum atomic E-state index is 12.1. The maximum absolute atomic E-state index is 12.1. The van der Waals surface area contributed by atoms with Crippen molar-refractivity contribution in [2.24, 2.45) is 0 Å². The second-order valence-electron chi connectivity index (χ2n) is 4.72. The summed E-state index contributed by atoms with van der Waals surface area (Å²) < 4.78 is 10.8. The molecule has 0 unspecified atom stereocenters. The molecule has 2 aromatic rings. The van der Waals surface area contributed by atoms with E-state index in [0.717, 1.165) is 17.1 Å². The lowest BCUT2D eigenvalue weighted by Crippen LogP contribution is -2.22. The maximum Gasteiger partial charge on any atom is 0.251 e. The zero-order valence-electron chi connectivity index (χ0n) is 13.0. The summed E-state index contributed by atoms with van der Waals surface area (Å²) in [5.74, 6) is 1.48. The van der Waals surface area contributed by atoms with Gasteiger partial charge in [-0.3, -0.25) is 4.79 Å². The fourth-order valence-electron chi connectivity index (χ4n) is 2.07. The molecule has 0 bridgehead atoms. The van der Waals surface area contributed by atoms with Crippen molar-refractivity contribution >= 4 is 5.91 Å². The second kappa shape index (κ2) is 8.08. The van der Waals surface area contributed by atoms with E-state index in [1.54, 1.807) is 24.3 Å². The number of ether oxygens (including phenoxy) is 2. The summed E-state index contributed by atoms with van der Waals surface area (Å²) in [6.45, 7) is 5.58. The van der Waals surface area contributed by atoms with Crippen molar-refractivity contribution in [3.05, 3.63) is 59.7 Å². The number of carbonyl (C=O) groups is 1. The van der Waals surface area contributed by atoms with Crippen LogP contribution in [-0.4, -0.2) is 19.1 Å². The van der Waals surface area contributed by atoms with Crippen molar-refractivity contribution in [1.29, 1.82) is 0 Å². The molecule has 0 fully saturated rings. The van der Waals surface area contributed by atoms with Crippen molar-refractivity contribution in [2.45, 2.75) is 20.4 Å². The van der Waals surface area contributed by atoms with Crippen LogP contribution in [0.4, 0.5) is 0 Å². The zero-order valence-corrected chi connectivity index (χ0v) is 13.0. The molecule has 0 aliphatic rings. The third kappa shape index (κ3) is 4.52. The molecule has 0 aliphatic carbocycles. The summed E-state index contributed by atoms with van der Waals surface area (Å²) in [5, 5.41) is 2.90. The Balaban J connectivity index is 1.93. The molecule has 2 rings (SSSR count). The summed E-state index contributed by atoms with van der Waals surface area (Å²) >= 11 is 0. The fourth-order valence-corrected chi connectivity index (χ4v) is 2.07. The van der Waals surface area contributed by atoms with Crippen LogP contribution < -0.4 is 14.8 Å². The van der Waals surface area contributed by atoms with Crippen LogP contribution in [0.25, 0.3) is 0 Å². The first kappa shape index (κ1) is 15.9. The third-order valence-electron chi connectivity index (χ3n) is 3.09. The molecule has 0 radical (unpaired) electrons. The van der Waals surface area contributed by atoms with Crippen LogP contribution in [0.1, 0.15) is 29.8 Å². The van der Waals surface area contributed by atoms with E-state index >= 15 is 0 Å². The largest absolute Gasteiger partial charge is 0.494 e. The van der Waals surface area contributed by atoms with E-state index in [1.807, 2.05) is 38.1 Å². The lowest BCUT2D eigenvalue weighted by molar-refractivity contribution is 0.0951. The Kier molecular flexibility index (Phi) is 5.83. The van der Waals surface area contributed by atoms with Gasteiger partial charge in [0.1, 0.15) is 11.5 Å². The van der Waals surface area contributed by atoms with Crippen molar-refractivity contribution in [3.8, 4) is 11.5 Å². The Morgan fingerprint density at radius 3 is 2.32 bits per heavy atom. The van der Waals surface area contributed by atoms with E-state index in [4.69, 9.17) is 9.47 Å². The molecule has 2 aromatic carbocycles. The number of carbonyl (C=O) groups excluding carboxylic acids is 1. The molecule has 0 aromatic heterocycles. The van der Waals surface area contributed by atoms with Gasteiger partial charge in [-0.2, -0.15) is 0 Å². The molecule has 0 heterocycles. The number of benzene rings is 2. The Labute approximate surface area is 131 Å². The molecule has 4 heteroatoms. The number of hydrogen-bond donors (Lipinski definition) is 1. The smallest absolute Gasteiger partial charge is 0.251 e. The van der Waals surface area contributed by atoms with Gasteiger partial charge in [0.2, 0.25) is 0 Å². The normalized spacial score (nSPS) is 10.1. The van der Waals surface area contributed by atoms with Gasteiger partial charge in [0.15, 0.2) is 0 Å². The summed E-state index contributed by atoms with van der Waals surface area (Å²) in [5.41, 5.74) is 1.62. The van der Waals surface area contributed by atoms with Gasteiger partial charge in [-0.25, -0.2) is 0 Å². The third-order valence-corrected chi connectivity index (χ3v) is 3.09.